The molecule has 3 rings (SSSR count). The molecule has 1 fully saturated rings. The smallest absolute Gasteiger partial charge is 0.290 e. The van der Waals surface area contributed by atoms with Crippen molar-refractivity contribution in [1.29, 1.82) is 0 Å². The van der Waals surface area contributed by atoms with E-state index in [0.717, 1.165) is 50.0 Å². The topological polar surface area (TPSA) is 46.8 Å². The van der Waals surface area contributed by atoms with Gasteiger partial charge in [-0.15, -0.1) is 5.10 Å². The summed E-state index contributed by atoms with van der Waals surface area (Å²) in [5.74, 6) is 1.33. The van der Waals surface area contributed by atoms with E-state index in [-0.39, 0.29) is 11.6 Å². The van der Waals surface area contributed by atoms with Gasteiger partial charge >= 0.3 is 6.18 Å². The number of rotatable bonds is 5. The molecule has 0 aliphatic carbocycles. The number of benzene rings is 1. The molecule has 0 bridgehead atoms. The molecular formula is C20H28F3N5. The van der Waals surface area contributed by atoms with Gasteiger partial charge in [0.25, 0.3) is 0 Å². The number of piperidine rings is 1. The van der Waals surface area contributed by atoms with Crippen molar-refractivity contribution in [1.82, 2.24) is 25.1 Å². The van der Waals surface area contributed by atoms with E-state index >= 15 is 0 Å². The number of nitrogens with zero attached hydrogens (tertiary/aromatic N) is 5. The highest BCUT2D eigenvalue weighted by Crippen LogP contribution is 2.35. The van der Waals surface area contributed by atoms with Crippen molar-refractivity contribution in [3.8, 4) is 0 Å². The summed E-state index contributed by atoms with van der Waals surface area (Å²) in [5.41, 5.74) is -0.146. The first-order valence-corrected chi connectivity index (χ1v) is 9.83. The normalized spacial score (nSPS) is 18.4. The van der Waals surface area contributed by atoms with Gasteiger partial charge in [0.05, 0.1) is 17.1 Å². The van der Waals surface area contributed by atoms with E-state index < -0.39 is 11.7 Å². The van der Waals surface area contributed by atoms with Gasteiger partial charge in [0.1, 0.15) is 0 Å². The van der Waals surface area contributed by atoms with Crippen molar-refractivity contribution >= 4 is 0 Å². The second-order valence-corrected chi connectivity index (χ2v) is 8.36. The lowest BCUT2D eigenvalue weighted by molar-refractivity contribution is -0.137. The molecule has 2 heterocycles. The van der Waals surface area contributed by atoms with Gasteiger partial charge in [-0.2, -0.15) is 13.2 Å². The quantitative estimate of drug-likeness (QED) is 0.739. The monoisotopic (exact) mass is 395 g/mol. The zero-order valence-electron chi connectivity index (χ0n) is 16.9. The van der Waals surface area contributed by atoms with Crippen LogP contribution in [0.15, 0.2) is 24.3 Å². The predicted molar refractivity (Wildman–Crippen MR) is 101 cm³/mol. The van der Waals surface area contributed by atoms with Crippen molar-refractivity contribution in [3.63, 3.8) is 0 Å². The largest absolute Gasteiger partial charge is 0.416 e. The molecule has 5 nitrogen and oxygen atoms in total. The van der Waals surface area contributed by atoms with Crippen molar-refractivity contribution in [2.24, 2.45) is 5.92 Å². The Kier molecular flexibility index (Phi) is 5.79. The summed E-state index contributed by atoms with van der Waals surface area (Å²) in [7, 11) is 0. The van der Waals surface area contributed by atoms with Crippen molar-refractivity contribution < 1.29 is 13.2 Å². The second kappa shape index (κ2) is 7.81. The van der Waals surface area contributed by atoms with E-state index in [2.05, 4.69) is 48.1 Å². The van der Waals surface area contributed by atoms with Gasteiger partial charge in [-0.1, -0.05) is 26.0 Å². The Morgan fingerprint density at radius 2 is 1.71 bits per heavy atom. The van der Waals surface area contributed by atoms with E-state index in [4.69, 9.17) is 0 Å². The van der Waals surface area contributed by atoms with Crippen molar-refractivity contribution in [2.75, 3.05) is 13.1 Å². The Labute approximate surface area is 163 Å². The maximum atomic E-state index is 13.0. The molecular weight excluding hydrogens is 367 g/mol. The van der Waals surface area contributed by atoms with E-state index in [1.165, 1.54) is 0 Å². The summed E-state index contributed by atoms with van der Waals surface area (Å²) >= 11 is 0. The molecule has 1 aromatic heterocycles. The van der Waals surface area contributed by atoms with Crippen LogP contribution in [-0.2, 0) is 11.7 Å². The molecule has 0 spiro atoms. The summed E-state index contributed by atoms with van der Waals surface area (Å²) in [4.78, 5) is 2.29. The fraction of sp³-hybridized carbons (Fsp3) is 0.650. The van der Waals surface area contributed by atoms with Gasteiger partial charge in [-0.3, -0.25) is 4.90 Å². The van der Waals surface area contributed by atoms with Crippen LogP contribution in [0.3, 0.4) is 0 Å². The molecule has 0 saturated carbocycles. The molecule has 1 aliphatic heterocycles. The molecule has 1 saturated heterocycles. The number of alkyl halides is 3. The van der Waals surface area contributed by atoms with Crippen LogP contribution in [0.4, 0.5) is 13.2 Å². The van der Waals surface area contributed by atoms with Gasteiger partial charge in [0, 0.05) is 0 Å². The number of aromatic nitrogens is 4. The molecule has 0 amide bonds. The Morgan fingerprint density at radius 3 is 2.25 bits per heavy atom. The summed E-state index contributed by atoms with van der Waals surface area (Å²) < 4.78 is 40.9. The lowest BCUT2D eigenvalue weighted by Crippen LogP contribution is -2.40. The van der Waals surface area contributed by atoms with Gasteiger partial charge in [-0.05, 0) is 80.2 Å². The first-order chi connectivity index (χ1) is 13.1. The SMILES string of the molecule is CCC(C)(C)n1nnnc1[C@H](c1ccc(C(F)(F)F)cc1)N1CCC(C)CC1. The summed E-state index contributed by atoms with van der Waals surface area (Å²) in [6.45, 7) is 10.2. The molecule has 28 heavy (non-hydrogen) atoms. The fourth-order valence-corrected chi connectivity index (χ4v) is 3.61. The van der Waals surface area contributed by atoms with Crippen LogP contribution >= 0.6 is 0 Å². The number of halogens is 3. The van der Waals surface area contributed by atoms with Crippen LogP contribution in [0.25, 0.3) is 0 Å². The first-order valence-electron chi connectivity index (χ1n) is 9.83. The minimum atomic E-state index is -4.35. The van der Waals surface area contributed by atoms with Crippen LogP contribution < -0.4 is 0 Å². The zero-order valence-corrected chi connectivity index (χ0v) is 16.9. The average molecular weight is 395 g/mol. The van der Waals surface area contributed by atoms with E-state index in [1.807, 2.05) is 4.68 Å². The standard InChI is InChI=1S/C20H28F3N5/c1-5-19(3,4)28-18(24-25-26-28)17(27-12-10-14(2)11-13-27)15-6-8-16(9-7-15)20(21,22)23/h6-9,14,17H,5,10-13H2,1-4H3/t17-/m0/s1. The highest BCUT2D eigenvalue weighted by atomic mass is 19.4. The Hall–Kier alpha value is -1.96. The van der Waals surface area contributed by atoms with Crippen LogP contribution in [-0.4, -0.2) is 38.2 Å². The number of hydrogen-bond acceptors (Lipinski definition) is 4. The Morgan fingerprint density at radius 1 is 1.11 bits per heavy atom. The van der Waals surface area contributed by atoms with E-state index in [1.54, 1.807) is 12.1 Å². The van der Waals surface area contributed by atoms with E-state index in [0.29, 0.717) is 11.7 Å². The molecule has 0 N–H and O–H groups in total. The maximum Gasteiger partial charge on any atom is 0.416 e. The lowest BCUT2D eigenvalue weighted by atomic mass is 9.94. The van der Waals surface area contributed by atoms with Crippen LogP contribution in [0, 0.1) is 5.92 Å². The molecule has 1 atom stereocenters. The molecule has 1 aliphatic rings. The van der Waals surface area contributed by atoms with Crippen LogP contribution in [0.2, 0.25) is 0 Å². The molecule has 0 unspecified atom stereocenters. The van der Waals surface area contributed by atoms with Crippen LogP contribution in [0.5, 0.6) is 0 Å². The summed E-state index contributed by atoms with van der Waals surface area (Å²) in [6.07, 6.45) is -1.41. The maximum absolute atomic E-state index is 13.0. The summed E-state index contributed by atoms with van der Waals surface area (Å²) in [6, 6.07) is 5.14. The molecule has 154 valence electrons. The number of likely N-dealkylation sites (tertiary alicyclic amines) is 1. The Bertz CT molecular complexity index is 774. The second-order valence-electron chi connectivity index (χ2n) is 8.36. The summed E-state index contributed by atoms with van der Waals surface area (Å²) in [5, 5.41) is 12.4. The lowest BCUT2D eigenvalue weighted by Gasteiger charge is -2.37. The molecule has 8 heteroatoms. The predicted octanol–water partition coefficient (Wildman–Crippen LogP) is 4.66. The minimum absolute atomic E-state index is 0.268. The van der Waals surface area contributed by atoms with Crippen LogP contribution in [0.1, 0.15) is 70.0 Å². The fourth-order valence-electron chi connectivity index (χ4n) is 3.61. The molecule has 2 aromatic rings. The minimum Gasteiger partial charge on any atom is -0.290 e. The highest BCUT2D eigenvalue weighted by molar-refractivity contribution is 5.30. The highest BCUT2D eigenvalue weighted by Gasteiger charge is 2.35. The number of tetrazole rings is 1. The van der Waals surface area contributed by atoms with E-state index in [9.17, 15) is 13.2 Å². The first kappa shape index (κ1) is 20.8. The van der Waals surface area contributed by atoms with Crippen molar-refractivity contribution in [2.45, 2.75) is 64.7 Å². The Balaban J connectivity index is 2.03. The molecule has 1 aromatic carbocycles. The van der Waals surface area contributed by atoms with Gasteiger partial charge in [0.2, 0.25) is 0 Å². The van der Waals surface area contributed by atoms with Crippen molar-refractivity contribution in [3.05, 3.63) is 41.2 Å². The number of hydrogen-bond donors (Lipinski definition) is 0. The zero-order chi connectivity index (χ0) is 20.5. The third-order valence-corrected chi connectivity index (χ3v) is 5.91. The van der Waals surface area contributed by atoms with Gasteiger partial charge < -0.3 is 0 Å². The molecule has 0 radical (unpaired) electrons. The van der Waals surface area contributed by atoms with Gasteiger partial charge in [0.15, 0.2) is 5.82 Å². The van der Waals surface area contributed by atoms with Gasteiger partial charge in [-0.25, -0.2) is 4.68 Å². The third kappa shape index (κ3) is 4.21. The third-order valence-electron chi connectivity index (χ3n) is 5.91. The average Bonchev–Trinajstić information content (AvgIpc) is 3.13.